The maximum atomic E-state index is 12.2. The van der Waals surface area contributed by atoms with Gasteiger partial charge in [0, 0.05) is 32.6 Å². The molecule has 1 atom stereocenters. The highest BCUT2D eigenvalue weighted by Crippen LogP contribution is 2.32. The summed E-state index contributed by atoms with van der Waals surface area (Å²) >= 11 is 0. The van der Waals surface area contributed by atoms with Crippen LogP contribution in [0.15, 0.2) is 29.3 Å². The molecular weight excluding hydrogens is 338 g/mol. The van der Waals surface area contributed by atoms with Gasteiger partial charge >= 0.3 is 0 Å². The summed E-state index contributed by atoms with van der Waals surface area (Å²) < 4.78 is 29.4. The molecule has 0 aromatic heterocycles. The number of hydrogen-bond acceptors (Lipinski definition) is 4. The van der Waals surface area contributed by atoms with Gasteiger partial charge in [0.15, 0.2) is 15.8 Å². The summed E-state index contributed by atoms with van der Waals surface area (Å²) in [6.45, 7) is 6.00. The highest BCUT2D eigenvalue weighted by atomic mass is 32.2. The van der Waals surface area contributed by atoms with Crippen molar-refractivity contribution in [1.82, 2.24) is 10.2 Å². The fraction of sp³-hybridized carbons (Fsp3) is 0.611. The van der Waals surface area contributed by atoms with Gasteiger partial charge in [-0.1, -0.05) is 18.2 Å². The normalized spacial score (nSPS) is 25.0. The van der Waals surface area contributed by atoms with Crippen LogP contribution in [0, 0.1) is 0 Å². The van der Waals surface area contributed by atoms with Crippen molar-refractivity contribution < 1.29 is 13.2 Å². The van der Waals surface area contributed by atoms with Crippen LogP contribution >= 0.6 is 0 Å². The van der Waals surface area contributed by atoms with E-state index in [0.717, 1.165) is 31.3 Å². The van der Waals surface area contributed by atoms with Crippen molar-refractivity contribution in [3.63, 3.8) is 0 Å². The molecule has 0 amide bonds. The van der Waals surface area contributed by atoms with Crippen molar-refractivity contribution in [2.75, 3.05) is 39.0 Å². The molecule has 25 heavy (non-hydrogen) atoms. The number of guanidine groups is 1. The van der Waals surface area contributed by atoms with Gasteiger partial charge in [-0.3, -0.25) is 4.99 Å². The average molecular weight is 365 g/mol. The van der Waals surface area contributed by atoms with Crippen LogP contribution in [-0.4, -0.2) is 63.1 Å². The molecule has 1 unspecified atom stereocenters. The van der Waals surface area contributed by atoms with E-state index in [0.29, 0.717) is 19.0 Å². The molecule has 1 aromatic carbocycles. The van der Waals surface area contributed by atoms with Crippen LogP contribution in [0.2, 0.25) is 0 Å². The lowest BCUT2D eigenvalue weighted by molar-refractivity contribution is 0.265. The molecule has 0 radical (unpaired) electrons. The number of para-hydroxylation sites is 1. The monoisotopic (exact) mass is 365 g/mol. The van der Waals surface area contributed by atoms with Crippen molar-refractivity contribution >= 4 is 15.8 Å². The number of fused-ring (bicyclic) bond motifs is 1. The molecule has 0 saturated carbocycles. The fourth-order valence-corrected chi connectivity index (χ4v) is 4.87. The molecule has 0 spiro atoms. The van der Waals surface area contributed by atoms with E-state index in [1.807, 2.05) is 23.1 Å². The molecule has 1 saturated heterocycles. The molecule has 0 aliphatic carbocycles. The third-order valence-electron chi connectivity index (χ3n) is 5.14. The van der Waals surface area contributed by atoms with Gasteiger partial charge in [0.1, 0.15) is 5.75 Å². The van der Waals surface area contributed by atoms with Crippen LogP contribution in [-0.2, 0) is 9.84 Å². The number of rotatable bonds is 2. The second-order valence-electron chi connectivity index (χ2n) is 7.30. The van der Waals surface area contributed by atoms with Crippen LogP contribution in [0.25, 0.3) is 0 Å². The lowest BCUT2D eigenvalue weighted by atomic mass is 9.93. The maximum absolute atomic E-state index is 12.2. The van der Waals surface area contributed by atoms with E-state index < -0.39 is 14.6 Å². The first-order valence-corrected chi connectivity index (χ1v) is 10.4. The number of sulfone groups is 1. The molecule has 7 heteroatoms. The zero-order chi connectivity index (χ0) is 18.1. The van der Waals surface area contributed by atoms with Gasteiger partial charge in [-0.2, -0.15) is 0 Å². The smallest absolute Gasteiger partial charge is 0.193 e. The van der Waals surface area contributed by atoms with Crippen LogP contribution in [0.3, 0.4) is 0 Å². The van der Waals surface area contributed by atoms with Crippen molar-refractivity contribution in [3.8, 4) is 5.75 Å². The third kappa shape index (κ3) is 3.61. The van der Waals surface area contributed by atoms with Gasteiger partial charge in [-0.05, 0) is 31.9 Å². The molecule has 138 valence electrons. The molecule has 1 fully saturated rings. The maximum Gasteiger partial charge on any atom is 0.193 e. The van der Waals surface area contributed by atoms with Gasteiger partial charge < -0.3 is 15.0 Å². The van der Waals surface area contributed by atoms with E-state index in [-0.39, 0.29) is 5.75 Å². The summed E-state index contributed by atoms with van der Waals surface area (Å²) in [5.41, 5.74) is 1.22. The summed E-state index contributed by atoms with van der Waals surface area (Å²) in [5, 5.41) is 3.44. The van der Waals surface area contributed by atoms with Crippen molar-refractivity contribution in [3.05, 3.63) is 29.8 Å². The number of ether oxygens (including phenoxy) is 1. The summed E-state index contributed by atoms with van der Waals surface area (Å²) in [7, 11) is -1.31. The Bertz CT molecular complexity index is 759. The Kier molecular flexibility index (Phi) is 4.95. The van der Waals surface area contributed by atoms with Crippen LogP contribution in [0.1, 0.15) is 31.7 Å². The van der Waals surface area contributed by atoms with Gasteiger partial charge in [-0.15, -0.1) is 0 Å². The lowest BCUT2D eigenvalue weighted by Gasteiger charge is -2.39. The topological polar surface area (TPSA) is 71.0 Å². The molecular formula is C18H27N3O3S. The number of aliphatic imine (C=N–C) groups is 1. The summed E-state index contributed by atoms with van der Waals surface area (Å²) in [6, 6.07) is 8.14. The van der Waals surface area contributed by atoms with E-state index in [1.165, 1.54) is 5.56 Å². The Morgan fingerprint density at radius 2 is 2.16 bits per heavy atom. The van der Waals surface area contributed by atoms with Gasteiger partial charge in [-0.25, -0.2) is 8.42 Å². The highest BCUT2D eigenvalue weighted by molar-refractivity contribution is 7.92. The minimum Gasteiger partial charge on any atom is -0.493 e. The first-order chi connectivity index (χ1) is 11.8. The quantitative estimate of drug-likeness (QED) is 0.637. The van der Waals surface area contributed by atoms with E-state index in [9.17, 15) is 8.42 Å². The molecule has 3 rings (SSSR count). The molecule has 0 bridgehead atoms. The largest absolute Gasteiger partial charge is 0.493 e. The predicted octanol–water partition coefficient (Wildman–Crippen LogP) is 1.64. The van der Waals surface area contributed by atoms with Crippen LogP contribution in [0.4, 0.5) is 0 Å². The SMILES string of the molecule is CN=C(NCC1CCOc2ccccc21)N1CCS(=O)(=O)C(C)(C)C1. The van der Waals surface area contributed by atoms with E-state index >= 15 is 0 Å². The average Bonchev–Trinajstić information content (AvgIpc) is 2.58. The van der Waals surface area contributed by atoms with Gasteiger partial charge in [0.25, 0.3) is 0 Å². The molecule has 2 aliphatic heterocycles. The Labute approximate surface area is 150 Å². The Balaban J connectivity index is 1.67. The summed E-state index contributed by atoms with van der Waals surface area (Å²) in [5.74, 6) is 2.26. The first kappa shape index (κ1) is 18.0. The molecule has 1 aromatic rings. The van der Waals surface area contributed by atoms with Crippen LogP contribution in [0.5, 0.6) is 5.75 Å². The number of hydrogen-bond donors (Lipinski definition) is 1. The second-order valence-corrected chi connectivity index (χ2v) is 10.0. The van der Waals surface area contributed by atoms with E-state index in [4.69, 9.17) is 4.74 Å². The fourth-order valence-electron chi connectivity index (χ4n) is 3.50. The van der Waals surface area contributed by atoms with E-state index in [2.05, 4.69) is 16.4 Å². The zero-order valence-electron chi connectivity index (χ0n) is 15.2. The molecule has 6 nitrogen and oxygen atoms in total. The first-order valence-electron chi connectivity index (χ1n) is 8.74. The predicted molar refractivity (Wildman–Crippen MR) is 100 cm³/mol. The zero-order valence-corrected chi connectivity index (χ0v) is 16.0. The van der Waals surface area contributed by atoms with Crippen molar-refractivity contribution in [1.29, 1.82) is 0 Å². The summed E-state index contributed by atoms with van der Waals surface area (Å²) in [4.78, 5) is 6.42. The standard InChI is InChI=1S/C18H27N3O3S/c1-18(2)13-21(9-11-25(18,22)23)17(19-3)20-12-14-8-10-24-16-7-5-4-6-15(14)16/h4-7,14H,8-13H2,1-3H3,(H,19,20). The number of nitrogens with zero attached hydrogens (tertiary/aromatic N) is 2. The van der Waals surface area contributed by atoms with Crippen LogP contribution < -0.4 is 10.1 Å². The third-order valence-corrected chi connectivity index (χ3v) is 7.68. The Hall–Kier alpha value is -1.76. The Morgan fingerprint density at radius 1 is 1.40 bits per heavy atom. The molecule has 1 N–H and O–H groups in total. The number of benzene rings is 1. The lowest BCUT2D eigenvalue weighted by Crippen LogP contribution is -2.57. The van der Waals surface area contributed by atoms with E-state index in [1.54, 1.807) is 20.9 Å². The second kappa shape index (κ2) is 6.86. The number of nitrogens with one attached hydrogen (secondary N) is 1. The van der Waals surface area contributed by atoms with Crippen molar-refractivity contribution in [2.45, 2.75) is 30.9 Å². The van der Waals surface area contributed by atoms with Gasteiger partial charge in [0.2, 0.25) is 0 Å². The van der Waals surface area contributed by atoms with Crippen molar-refractivity contribution in [2.24, 2.45) is 4.99 Å². The van der Waals surface area contributed by atoms with Gasteiger partial charge in [0.05, 0.1) is 17.1 Å². The minimum absolute atomic E-state index is 0.167. The molecule has 2 aliphatic rings. The Morgan fingerprint density at radius 3 is 2.88 bits per heavy atom. The molecule has 2 heterocycles. The summed E-state index contributed by atoms with van der Waals surface area (Å²) in [6.07, 6.45) is 0.959. The minimum atomic E-state index is -3.05. The highest BCUT2D eigenvalue weighted by Gasteiger charge is 2.41.